The second-order valence-electron chi connectivity index (χ2n) is 5.04. The van der Waals surface area contributed by atoms with Gasteiger partial charge in [0.2, 0.25) is 11.8 Å². The summed E-state index contributed by atoms with van der Waals surface area (Å²) in [6, 6.07) is 7.77. The number of esters is 1. The molecule has 1 aromatic carbocycles. The maximum atomic E-state index is 11.1. The third kappa shape index (κ3) is 4.44. The van der Waals surface area contributed by atoms with Gasteiger partial charge in [0.15, 0.2) is 6.61 Å². The zero-order valence-corrected chi connectivity index (χ0v) is 13.1. The number of carbonyl (C=O) groups excluding carboxylic acids is 1. The average molecular weight is 301 g/mol. The van der Waals surface area contributed by atoms with Gasteiger partial charge in [0.25, 0.3) is 0 Å². The van der Waals surface area contributed by atoms with Gasteiger partial charge in [-0.3, -0.25) is 0 Å². The second kappa shape index (κ2) is 6.89. The molecule has 22 heavy (non-hydrogen) atoms. The van der Waals surface area contributed by atoms with Crippen molar-refractivity contribution in [2.24, 2.45) is 0 Å². The summed E-state index contributed by atoms with van der Waals surface area (Å²) in [4.78, 5) is 19.7. The molecule has 0 aliphatic heterocycles. The Morgan fingerprint density at radius 2 is 1.77 bits per heavy atom. The molecule has 0 saturated carbocycles. The molecule has 0 saturated heterocycles. The van der Waals surface area contributed by atoms with E-state index < -0.39 is 5.97 Å². The van der Waals surface area contributed by atoms with E-state index in [0.717, 1.165) is 22.5 Å². The van der Waals surface area contributed by atoms with E-state index in [-0.39, 0.29) is 6.61 Å². The van der Waals surface area contributed by atoms with Gasteiger partial charge in [-0.25, -0.2) is 9.78 Å². The highest BCUT2D eigenvalue weighted by atomic mass is 16.6. The number of anilines is 2. The van der Waals surface area contributed by atoms with Crippen LogP contribution in [-0.2, 0) is 9.53 Å². The number of rotatable bonds is 5. The van der Waals surface area contributed by atoms with Crippen molar-refractivity contribution < 1.29 is 14.3 Å². The molecule has 0 atom stereocenters. The van der Waals surface area contributed by atoms with E-state index in [1.165, 1.54) is 7.11 Å². The lowest BCUT2D eigenvalue weighted by Crippen LogP contribution is -2.13. The Kier molecular flexibility index (Phi) is 4.93. The van der Waals surface area contributed by atoms with Gasteiger partial charge >= 0.3 is 5.97 Å². The number of nitrogens with one attached hydrogen (secondary N) is 1. The minimum absolute atomic E-state index is 0.185. The smallest absolute Gasteiger partial charge is 0.343 e. The average Bonchev–Trinajstić information content (AvgIpc) is 2.43. The minimum atomic E-state index is -0.458. The molecule has 0 unspecified atom stereocenters. The molecule has 0 radical (unpaired) electrons. The number of ether oxygens (including phenoxy) is 2. The van der Waals surface area contributed by atoms with Gasteiger partial charge in [-0.05, 0) is 44.0 Å². The van der Waals surface area contributed by atoms with Crippen molar-refractivity contribution in [1.82, 2.24) is 9.97 Å². The summed E-state index contributed by atoms with van der Waals surface area (Å²) in [5, 5.41) is 3.15. The molecule has 6 nitrogen and oxygen atoms in total. The van der Waals surface area contributed by atoms with Gasteiger partial charge in [-0.2, -0.15) is 4.98 Å². The molecule has 0 aliphatic rings. The minimum Gasteiger partial charge on any atom is -0.466 e. The Morgan fingerprint density at radius 1 is 1.09 bits per heavy atom. The largest absolute Gasteiger partial charge is 0.466 e. The molecule has 0 bridgehead atoms. The lowest BCUT2D eigenvalue weighted by molar-refractivity contribution is -0.143. The molecule has 0 spiro atoms. The molecular formula is C16H19N3O3. The fourth-order valence-corrected chi connectivity index (χ4v) is 2.04. The first kappa shape index (κ1) is 15.8. The summed E-state index contributed by atoms with van der Waals surface area (Å²) in [6.07, 6.45) is 0. The van der Waals surface area contributed by atoms with Crippen molar-refractivity contribution in [2.75, 3.05) is 19.0 Å². The van der Waals surface area contributed by atoms with Gasteiger partial charge in [-0.15, -0.1) is 0 Å². The van der Waals surface area contributed by atoms with Crippen LogP contribution in [0.25, 0.3) is 0 Å². The zero-order chi connectivity index (χ0) is 16.1. The summed E-state index contributed by atoms with van der Waals surface area (Å²) in [7, 11) is 1.31. The SMILES string of the molecule is COC(=O)COc1cc(C)nc(Nc2cc(C)cc(C)c2)n1. The van der Waals surface area contributed by atoms with Crippen LogP contribution in [0.3, 0.4) is 0 Å². The highest BCUT2D eigenvalue weighted by molar-refractivity contribution is 5.70. The molecule has 1 aromatic heterocycles. The molecule has 0 amide bonds. The number of aryl methyl sites for hydroxylation is 3. The standard InChI is InChI=1S/C16H19N3O3/c1-10-5-11(2)7-13(6-10)18-16-17-12(3)8-14(19-16)22-9-15(20)21-4/h5-8H,9H2,1-4H3,(H,17,18,19). The lowest BCUT2D eigenvalue weighted by Gasteiger charge is -2.10. The van der Waals surface area contributed by atoms with Crippen molar-refractivity contribution in [1.29, 1.82) is 0 Å². The predicted molar refractivity (Wildman–Crippen MR) is 83.5 cm³/mol. The molecular weight excluding hydrogens is 282 g/mol. The van der Waals surface area contributed by atoms with E-state index in [4.69, 9.17) is 4.74 Å². The Bertz CT molecular complexity index is 666. The van der Waals surface area contributed by atoms with E-state index in [2.05, 4.69) is 26.1 Å². The number of carbonyl (C=O) groups is 1. The normalized spacial score (nSPS) is 10.2. The number of nitrogens with zero attached hydrogens (tertiary/aromatic N) is 2. The van der Waals surface area contributed by atoms with Gasteiger partial charge in [-0.1, -0.05) is 6.07 Å². The fourth-order valence-electron chi connectivity index (χ4n) is 2.04. The van der Waals surface area contributed by atoms with E-state index in [9.17, 15) is 4.79 Å². The van der Waals surface area contributed by atoms with Crippen LogP contribution in [0.5, 0.6) is 5.88 Å². The van der Waals surface area contributed by atoms with Crippen LogP contribution >= 0.6 is 0 Å². The maximum absolute atomic E-state index is 11.1. The Labute approximate surface area is 129 Å². The third-order valence-corrected chi connectivity index (χ3v) is 2.87. The van der Waals surface area contributed by atoms with E-state index in [1.807, 2.05) is 32.9 Å². The number of hydrogen-bond acceptors (Lipinski definition) is 6. The molecule has 0 fully saturated rings. The molecule has 0 aliphatic carbocycles. The molecule has 6 heteroatoms. The first-order valence-electron chi connectivity index (χ1n) is 6.87. The molecule has 1 N–H and O–H groups in total. The number of benzene rings is 1. The van der Waals surface area contributed by atoms with Crippen LogP contribution in [0.4, 0.5) is 11.6 Å². The van der Waals surface area contributed by atoms with Gasteiger partial charge < -0.3 is 14.8 Å². The van der Waals surface area contributed by atoms with Crippen molar-refractivity contribution in [3.8, 4) is 5.88 Å². The molecule has 2 aromatic rings. The second-order valence-corrected chi connectivity index (χ2v) is 5.04. The van der Waals surface area contributed by atoms with Crippen molar-refractivity contribution in [2.45, 2.75) is 20.8 Å². The lowest BCUT2D eigenvalue weighted by atomic mass is 10.1. The van der Waals surface area contributed by atoms with Gasteiger partial charge in [0, 0.05) is 17.4 Å². The highest BCUT2D eigenvalue weighted by Gasteiger charge is 2.07. The summed E-state index contributed by atoms with van der Waals surface area (Å²) >= 11 is 0. The van der Waals surface area contributed by atoms with Crippen LogP contribution < -0.4 is 10.1 Å². The van der Waals surface area contributed by atoms with Crippen LogP contribution in [0.1, 0.15) is 16.8 Å². The Balaban J connectivity index is 2.17. The summed E-state index contributed by atoms with van der Waals surface area (Å²) in [5.41, 5.74) is 3.94. The van der Waals surface area contributed by atoms with Gasteiger partial charge in [0.05, 0.1) is 7.11 Å². The van der Waals surface area contributed by atoms with E-state index in [1.54, 1.807) is 6.07 Å². The van der Waals surface area contributed by atoms with E-state index >= 15 is 0 Å². The highest BCUT2D eigenvalue weighted by Crippen LogP contribution is 2.19. The van der Waals surface area contributed by atoms with Crippen LogP contribution in [0.2, 0.25) is 0 Å². The maximum Gasteiger partial charge on any atom is 0.343 e. The van der Waals surface area contributed by atoms with Crippen molar-refractivity contribution >= 4 is 17.6 Å². The fraction of sp³-hybridized carbons (Fsp3) is 0.312. The number of hydrogen-bond donors (Lipinski definition) is 1. The summed E-state index contributed by atoms with van der Waals surface area (Å²) in [5.74, 6) is 0.287. The Hall–Kier alpha value is -2.63. The zero-order valence-electron chi connectivity index (χ0n) is 13.1. The first-order valence-corrected chi connectivity index (χ1v) is 6.87. The predicted octanol–water partition coefficient (Wildman–Crippen LogP) is 2.70. The Morgan fingerprint density at radius 3 is 2.41 bits per heavy atom. The number of aromatic nitrogens is 2. The first-order chi connectivity index (χ1) is 10.5. The van der Waals surface area contributed by atoms with Gasteiger partial charge in [0.1, 0.15) is 0 Å². The molecule has 2 rings (SSSR count). The van der Waals surface area contributed by atoms with Crippen LogP contribution in [-0.4, -0.2) is 29.7 Å². The van der Waals surface area contributed by atoms with Crippen molar-refractivity contribution in [3.63, 3.8) is 0 Å². The monoisotopic (exact) mass is 301 g/mol. The molecule has 116 valence electrons. The molecule has 1 heterocycles. The topological polar surface area (TPSA) is 73.3 Å². The summed E-state index contributed by atoms with van der Waals surface area (Å²) < 4.78 is 9.83. The van der Waals surface area contributed by atoms with E-state index in [0.29, 0.717) is 11.8 Å². The van der Waals surface area contributed by atoms with Crippen LogP contribution in [0, 0.1) is 20.8 Å². The quantitative estimate of drug-likeness (QED) is 0.856. The third-order valence-electron chi connectivity index (χ3n) is 2.87. The number of methoxy groups -OCH3 is 1. The van der Waals surface area contributed by atoms with Crippen molar-refractivity contribution in [3.05, 3.63) is 41.1 Å². The summed E-state index contributed by atoms with van der Waals surface area (Å²) in [6.45, 7) is 5.70. The van der Waals surface area contributed by atoms with Crippen LogP contribution in [0.15, 0.2) is 24.3 Å².